The number of carbonyl (C=O) groups excluding carboxylic acids is 1. The zero-order valence-electron chi connectivity index (χ0n) is 18.9. The van der Waals surface area contributed by atoms with Crippen molar-refractivity contribution in [2.75, 3.05) is 19.0 Å². The molecule has 2 heterocycles. The largest absolute Gasteiger partial charge is 0.493 e. The summed E-state index contributed by atoms with van der Waals surface area (Å²) in [6.45, 7) is 3.55. The lowest BCUT2D eigenvalue weighted by Crippen LogP contribution is -2.23. The van der Waals surface area contributed by atoms with Crippen molar-refractivity contribution in [1.29, 1.82) is 0 Å². The van der Waals surface area contributed by atoms with Crippen LogP contribution in [0.4, 0.5) is 10.1 Å². The first-order chi connectivity index (χ1) is 15.8. The summed E-state index contributed by atoms with van der Waals surface area (Å²) in [6.07, 6.45) is 3.10. The van der Waals surface area contributed by atoms with E-state index in [-0.39, 0.29) is 35.3 Å². The zero-order chi connectivity index (χ0) is 24.1. The van der Waals surface area contributed by atoms with Crippen molar-refractivity contribution >= 4 is 11.6 Å². The topological polar surface area (TPSA) is 120 Å². The van der Waals surface area contributed by atoms with Crippen LogP contribution in [0.15, 0.2) is 29.2 Å². The smallest absolute Gasteiger partial charge is 0.350 e. The van der Waals surface area contributed by atoms with Crippen LogP contribution >= 0.6 is 0 Å². The zero-order valence-corrected chi connectivity index (χ0v) is 18.9. The van der Waals surface area contributed by atoms with Gasteiger partial charge in [0.1, 0.15) is 29.5 Å². The number of ether oxygens (including phenoxy) is 2. The molecule has 3 rings (SSSR count). The molecule has 0 unspecified atom stereocenters. The van der Waals surface area contributed by atoms with Gasteiger partial charge in [0, 0.05) is 19.3 Å². The predicted octanol–water partition coefficient (Wildman–Crippen LogP) is 2.35. The van der Waals surface area contributed by atoms with Gasteiger partial charge in [-0.25, -0.2) is 14.2 Å². The van der Waals surface area contributed by atoms with Gasteiger partial charge in [-0.05, 0) is 31.0 Å². The molecule has 0 fully saturated rings. The number of aliphatic hydroxyl groups is 1. The molecule has 0 aliphatic heterocycles. The number of aryl methyl sites for hydroxylation is 1. The number of unbranched alkanes of at least 4 members (excludes halogenated alkanes) is 1. The number of methoxy groups -OCH3 is 1. The summed E-state index contributed by atoms with van der Waals surface area (Å²) in [5.41, 5.74) is 0.141. The van der Waals surface area contributed by atoms with Crippen molar-refractivity contribution in [2.45, 2.75) is 33.3 Å². The molecule has 0 bridgehead atoms. The molecule has 2 N–H and O–H groups in total. The van der Waals surface area contributed by atoms with Crippen LogP contribution in [0.5, 0.6) is 11.6 Å². The average Bonchev–Trinajstić information content (AvgIpc) is 3.09. The van der Waals surface area contributed by atoms with E-state index in [1.807, 2.05) is 6.92 Å². The fourth-order valence-electron chi connectivity index (χ4n) is 3.12. The summed E-state index contributed by atoms with van der Waals surface area (Å²) in [4.78, 5) is 29.7. The lowest BCUT2D eigenvalue weighted by molar-refractivity contribution is 0.102. The predicted molar refractivity (Wildman–Crippen MR) is 119 cm³/mol. The monoisotopic (exact) mass is 459 g/mol. The van der Waals surface area contributed by atoms with E-state index in [9.17, 15) is 14.7 Å². The minimum Gasteiger partial charge on any atom is -0.493 e. The molecule has 33 heavy (non-hydrogen) atoms. The SMILES string of the molecule is CCCCOc1cc(-n2nc(CO)n(C)c2=O)c(F)cc1C(=O)Nc1c(C)ccnc1OC. The first-order valence-electron chi connectivity index (χ1n) is 10.4. The quantitative estimate of drug-likeness (QED) is 0.471. The van der Waals surface area contributed by atoms with Crippen LogP contribution in [0.2, 0.25) is 0 Å². The number of anilines is 1. The summed E-state index contributed by atoms with van der Waals surface area (Å²) in [5.74, 6) is -1.13. The lowest BCUT2D eigenvalue weighted by atomic mass is 10.1. The van der Waals surface area contributed by atoms with Gasteiger partial charge < -0.3 is 19.9 Å². The molecule has 1 amide bonds. The molecule has 10 nitrogen and oxygen atoms in total. The van der Waals surface area contributed by atoms with Gasteiger partial charge in [-0.15, -0.1) is 5.10 Å². The van der Waals surface area contributed by atoms with Crippen molar-refractivity contribution in [3.8, 4) is 17.3 Å². The van der Waals surface area contributed by atoms with Crippen LogP contribution in [-0.2, 0) is 13.7 Å². The number of amides is 1. The second-order valence-corrected chi connectivity index (χ2v) is 7.30. The molecule has 0 saturated carbocycles. The summed E-state index contributed by atoms with van der Waals surface area (Å²) in [5, 5.41) is 16.0. The molecule has 3 aromatic rings. The third-order valence-corrected chi connectivity index (χ3v) is 5.05. The number of rotatable bonds is 9. The summed E-state index contributed by atoms with van der Waals surface area (Å²) in [7, 11) is 2.84. The maximum absolute atomic E-state index is 15.1. The highest BCUT2D eigenvalue weighted by molar-refractivity contribution is 6.07. The number of aromatic nitrogens is 4. The van der Waals surface area contributed by atoms with E-state index < -0.39 is 24.0 Å². The van der Waals surface area contributed by atoms with Gasteiger partial charge in [0.25, 0.3) is 5.91 Å². The molecule has 0 spiro atoms. The van der Waals surface area contributed by atoms with E-state index in [4.69, 9.17) is 9.47 Å². The van der Waals surface area contributed by atoms with Crippen molar-refractivity contribution in [1.82, 2.24) is 19.3 Å². The third-order valence-electron chi connectivity index (χ3n) is 5.05. The number of benzene rings is 1. The van der Waals surface area contributed by atoms with Crippen molar-refractivity contribution in [2.24, 2.45) is 7.05 Å². The number of nitrogens with zero attached hydrogens (tertiary/aromatic N) is 4. The number of hydrogen-bond acceptors (Lipinski definition) is 7. The van der Waals surface area contributed by atoms with E-state index in [1.165, 1.54) is 20.2 Å². The van der Waals surface area contributed by atoms with E-state index in [0.29, 0.717) is 17.7 Å². The van der Waals surface area contributed by atoms with Crippen molar-refractivity contribution in [3.63, 3.8) is 0 Å². The number of hydrogen-bond donors (Lipinski definition) is 2. The van der Waals surface area contributed by atoms with E-state index in [2.05, 4.69) is 15.4 Å². The highest BCUT2D eigenvalue weighted by Gasteiger charge is 2.22. The Kier molecular flexibility index (Phi) is 7.44. The molecule has 1 aromatic carbocycles. The number of aliphatic hydroxyl groups excluding tert-OH is 1. The van der Waals surface area contributed by atoms with Crippen molar-refractivity contribution < 1.29 is 23.8 Å². The van der Waals surface area contributed by atoms with Crippen LogP contribution in [0, 0.1) is 12.7 Å². The van der Waals surface area contributed by atoms with Gasteiger partial charge >= 0.3 is 5.69 Å². The maximum atomic E-state index is 15.1. The Morgan fingerprint density at radius 1 is 1.33 bits per heavy atom. The van der Waals surface area contributed by atoms with Gasteiger partial charge in [-0.2, -0.15) is 4.68 Å². The van der Waals surface area contributed by atoms with E-state index in [1.54, 1.807) is 19.2 Å². The molecule has 2 aromatic heterocycles. The summed E-state index contributed by atoms with van der Waals surface area (Å²) < 4.78 is 28.0. The fraction of sp³-hybridized carbons (Fsp3) is 0.364. The number of carbonyl (C=O) groups is 1. The van der Waals surface area contributed by atoms with Crippen LogP contribution in [0.3, 0.4) is 0 Å². The maximum Gasteiger partial charge on any atom is 0.350 e. The molecule has 11 heteroatoms. The number of pyridine rings is 1. The number of nitrogens with one attached hydrogen (secondary N) is 1. The summed E-state index contributed by atoms with van der Waals surface area (Å²) >= 11 is 0. The second kappa shape index (κ2) is 10.3. The van der Waals surface area contributed by atoms with Gasteiger partial charge in [-0.3, -0.25) is 9.36 Å². The highest BCUT2D eigenvalue weighted by Crippen LogP contribution is 2.29. The Morgan fingerprint density at radius 3 is 2.73 bits per heavy atom. The Hall–Kier alpha value is -3.73. The fourth-order valence-corrected chi connectivity index (χ4v) is 3.12. The van der Waals surface area contributed by atoms with Gasteiger partial charge in [-0.1, -0.05) is 13.3 Å². The minimum absolute atomic E-state index is 0.0637. The Morgan fingerprint density at radius 2 is 2.09 bits per heavy atom. The highest BCUT2D eigenvalue weighted by atomic mass is 19.1. The van der Waals surface area contributed by atoms with E-state index in [0.717, 1.165) is 21.7 Å². The third kappa shape index (κ3) is 4.87. The lowest BCUT2D eigenvalue weighted by Gasteiger charge is -2.16. The average molecular weight is 459 g/mol. The normalized spacial score (nSPS) is 10.8. The molecule has 0 atom stereocenters. The van der Waals surface area contributed by atoms with Crippen LogP contribution < -0.4 is 20.5 Å². The van der Waals surface area contributed by atoms with E-state index >= 15 is 4.39 Å². The van der Waals surface area contributed by atoms with Gasteiger partial charge in [0.2, 0.25) is 5.88 Å². The Bertz CT molecular complexity index is 1220. The molecular formula is C22H26FN5O5. The standard InChI is InChI=1S/C22H26FN5O5/c1-5-6-9-33-17-11-16(28-22(31)27(3)18(12-29)26-28)15(23)10-14(17)20(30)25-19-13(2)7-8-24-21(19)32-4/h7-8,10-11,29H,5-6,9,12H2,1-4H3,(H,25,30). The van der Waals surface area contributed by atoms with Crippen LogP contribution in [0.25, 0.3) is 5.69 Å². The molecular weight excluding hydrogens is 433 g/mol. The second-order valence-electron chi connectivity index (χ2n) is 7.30. The van der Waals surface area contributed by atoms with Crippen molar-refractivity contribution in [3.05, 3.63) is 57.6 Å². The Balaban J connectivity index is 2.07. The summed E-state index contributed by atoms with van der Waals surface area (Å²) in [6, 6.07) is 3.94. The molecule has 0 saturated heterocycles. The van der Waals surface area contributed by atoms with Gasteiger partial charge in [0.15, 0.2) is 5.82 Å². The Labute approximate surface area is 189 Å². The minimum atomic E-state index is -0.859. The van der Waals surface area contributed by atoms with Gasteiger partial charge in [0.05, 0.1) is 19.3 Å². The molecule has 0 aliphatic rings. The first kappa shape index (κ1) is 23.9. The number of halogens is 1. The van der Waals surface area contributed by atoms with Crippen LogP contribution in [0.1, 0.15) is 41.5 Å². The molecule has 0 radical (unpaired) electrons. The van der Waals surface area contributed by atoms with Crippen LogP contribution in [-0.4, -0.2) is 44.1 Å². The first-order valence-corrected chi connectivity index (χ1v) is 10.4. The molecule has 0 aliphatic carbocycles. The molecule has 176 valence electrons.